The molecule has 1 fully saturated rings. The second-order valence-corrected chi connectivity index (χ2v) is 5.10. The highest BCUT2D eigenvalue weighted by molar-refractivity contribution is 6.30. The van der Waals surface area contributed by atoms with Crippen LogP contribution in [0.1, 0.15) is 12.0 Å². The summed E-state index contributed by atoms with van der Waals surface area (Å²) in [6, 6.07) is 5.07. The Morgan fingerprint density at radius 1 is 1.50 bits per heavy atom. The summed E-state index contributed by atoms with van der Waals surface area (Å²) in [6.07, 6.45) is 1.22. The lowest BCUT2D eigenvalue weighted by Crippen LogP contribution is -2.24. The van der Waals surface area contributed by atoms with Gasteiger partial charge in [0, 0.05) is 13.1 Å². The predicted octanol–water partition coefficient (Wildman–Crippen LogP) is 2.94. The number of likely N-dealkylation sites (tertiary alicyclic amines) is 1. The standard InChI is InChI=1S/C13H18ClFN2.ClH/c1-16-7-11-4-5-17(9-11)8-10-2-3-12(14)13(15)6-10;/h2-3,6,11,16H,4-5,7-9H2,1H3;1H. The van der Waals surface area contributed by atoms with Gasteiger partial charge < -0.3 is 5.32 Å². The molecule has 0 amide bonds. The highest BCUT2D eigenvalue weighted by Crippen LogP contribution is 2.20. The van der Waals surface area contributed by atoms with Crippen molar-refractivity contribution in [3.05, 3.63) is 34.6 Å². The molecule has 1 aromatic rings. The van der Waals surface area contributed by atoms with Gasteiger partial charge >= 0.3 is 0 Å². The van der Waals surface area contributed by atoms with Gasteiger partial charge in [-0.15, -0.1) is 12.4 Å². The molecule has 18 heavy (non-hydrogen) atoms. The van der Waals surface area contributed by atoms with Crippen LogP contribution in [-0.4, -0.2) is 31.6 Å². The van der Waals surface area contributed by atoms with Crippen molar-refractivity contribution in [2.24, 2.45) is 5.92 Å². The third-order valence-corrected chi connectivity index (χ3v) is 3.56. The minimum absolute atomic E-state index is 0. The Morgan fingerprint density at radius 3 is 2.94 bits per heavy atom. The number of benzene rings is 1. The van der Waals surface area contributed by atoms with Gasteiger partial charge in [0.2, 0.25) is 0 Å². The molecule has 102 valence electrons. The van der Waals surface area contributed by atoms with Crippen LogP contribution in [-0.2, 0) is 6.54 Å². The minimum atomic E-state index is -0.324. The monoisotopic (exact) mass is 292 g/mol. The first kappa shape index (κ1) is 15.7. The maximum absolute atomic E-state index is 13.3. The summed E-state index contributed by atoms with van der Waals surface area (Å²) in [5.74, 6) is 0.396. The minimum Gasteiger partial charge on any atom is -0.319 e. The first-order chi connectivity index (χ1) is 8.19. The van der Waals surface area contributed by atoms with Crippen LogP contribution in [0.3, 0.4) is 0 Å². The second-order valence-electron chi connectivity index (χ2n) is 4.70. The van der Waals surface area contributed by atoms with Crippen LogP contribution in [0.4, 0.5) is 4.39 Å². The van der Waals surface area contributed by atoms with Gasteiger partial charge in [0.05, 0.1) is 5.02 Å². The zero-order valence-corrected chi connectivity index (χ0v) is 12.0. The molecule has 1 N–H and O–H groups in total. The number of hydrogen-bond donors (Lipinski definition) is 1. The fraction of sp³-hybridized carbons (Fsp3) is 0.538. The fourth-order valence-electron chi connectivity index (χ4n) is 2.41. The summed E-state index contributed by atoms with van der Waals surface area (Å²) in [5.41, 5.74) is 0.997. The van der Waals surface area contributed by atoms with E-state index in [1.807, 2.05) is 13.1 Å². The van der Waals surface area contributed by atoms with Crippen molar-refractivity contribution in [3.8, 4) is 0 Å². The van der Waals surface area contributed by atoms with E-state index in [4.69, 9.17) is 11.6 Å². The molecule has 0 saturated carbocycles. The number of rotatable bonds is 4. The van der Waals surface area contributed by atoms with Crippen molar-refractivity contribution in [1.82, 2.24) is 10.2 Å². The SMILES string of the molecule is CNCC1CCN(Cc2ccc(Cl)c(F)c2)C1.Cl. The summed E-state index contributed by atoms with van der Waals surface area (Å²) in [7, 11) is 1.98. The van der Waals surface area contributed by atoms with E-state index in [2.05, 4.69) is 10.2 Å². The van der Waals surface area contributed by atoms with E-state index in [1.165, 1.54) is 12.5 Å². The fourth-order valence-corrected chi connectivity index (χ4v) is 2.53. The Bertz CT molecular complexity index is 387. The molecule has 1 heterocycles. The molecule has 5 heteroatoms. The molecule has 1 aliphatic rings. The third-order valence-electron chi connectivity index (χ3n) is 3.25. The molecule has 1 unspecified atom stereocenters. The van der Waals surface area contributed by atoms with Gasteiger partial charge in [-0.1, -0.05) is 17.7 Å². The Morgan fingerprint density at radius 2 is 2.28 bits per heavy atom. The molecule has 0 bridgehead atoms. The molecule has 0 spiro atoms. The van der Waals surface area contributed by atoms with E-state index >= 15 is 0 Å². The molecular weight excluding hydrogens is 274 g/mol. The van der Waals surface area contributed by atoms with Crippen molar-refractivity contribution in [2.75, 3.05) is 26.7 Å². The van der Waals surface area contributed by atoms with Crippen molar-refractivity contribution in [2.45, 2.75) is 13.0 Å². The van der Waals surface area contributed by atoms with E-state index in [-0.39, 0.29) is 23.2 Å². The maximum atomic E-state index is 13.3. The van der Waals surface area contributed by atoms with Crippen LogP contribution in [0.15, 0.2) is 18.2 Å². The van der Waals surface area contributed by atoms with Crippen molar-refractivity contribution in [1.29, 1.82) is 0 Å². The molecular formula is C13H19Cl2FN2. The van der Waals surface area contributed by atoms with E-state index in [9.17, 15) is 4.39 Å². The average molecular weight is 293 g/mol. The Hall–Kier alpha value is -0.350. The first-order valence-electron chi connectivity index (χ1n) is 6.00. The van der Waals surface area contributed by atoms with Gasteiger partial charge in [0.25, 0.3) is 0 Å². The molecule has 1 atom stereocenters. The summed E-state index contributed by atoms with van der Waals surface area (Å²) in [5, 5.41) is 3.40. The lowest BCUT2D eigenvalue weighted by atomic mass is 10.1. The molecule has 0 radical (unpaired) electrons. The lowest BCUT2D eigenvalue weighted by Gasteiger charge is -2.16. The Kier molecular flexibility index (Phi) is 6.36. The molecule has 1 aromatic carbocycles. The topological polar surface area (TPSA) is 15.3 Å². The molecule has 1 saturated heterocycles. The largest absolute Gasteiger partial charge is 0.319 e. The van der Waals surface area contributed by atoms with Crippen molar-refractivity contribution < 1.29 is 4.39 Å². The first-order valence-corrected chi connectivity index (χ1v) is 6.37. The molecule has 2 rings (SSSR count). The van der Waals surface area contributed by atoms with Crippen LogP contribution in [0.25, 0.3) is 0 Å². The van der Waals surface area contributed by atoms with E-state index in [1.54, 1.807) is 6.07 Å². The van der Waals surface area contributed by atoms with Crippen LogP contribution < -0.4 is 5.32 Å². The number of halogens is 3. The zero-order valence-electron chi connectivity index (χ0n) is 10.5. The zero-order chi connectivity index (χ0) is 12.3. The Labute approximate surface area is 119 Å². The summed E-state index contributed by atoms with van der Waals surface area (Å²) in [6.45, 7) is 4.06. The van der Waals surface area contributed by atoms with Crippen LogP contribution >= 0.6 is 24.0 Å². The summed E-state index contributed by atoms with van der Waals surface area (Å²) < 4.78 is 13.3. The normalized spacial score (nSPS) is 19.8. The van der Waals surface area contributed by atoms with Gasteiger partial charge in [-0.3, -0.25) is 4.90 Å². The molecule has 0 aliphatic carbocycles. The summed E-state index contributed by atoms with van der Waals surface area (Å²) in [4.78, 5) is 2.37. The maximum Gasteiger partial charge on any atom is 0.142 e. The van der Waals surface area contributed by atoms with Gasteiger partial charge in [0.15, 0.2) is 0 Å². The number of nitrogens with zero attached hydrogens (tertiary/aromatic N) is 1. The van der Waals surface area contributed by atoms with Crippen molar-refractivity contribution in [3.63, 3.8) is 0 Å². The van der Waals surface area contributed by atoms with E-state index in [0.717, 1.165) is 37.7 Å². The van der Waals surface area contributed by atoms with Gasteiger partial charge in [-0.25, -0.2) is 4.39 Å². The summed E-state index contributed by atoms with van der Waals surface area (Å²) >= 11 is 5.66. The average Bonchev–Trinajstić information content (AvgIpc) is 2.72. The lowest BCUT2D eigenvalue weighted by molar-refractivity contribution is 0.315. The van der Waals surface area contributed by atoms with Crippen LogP contribution in [0.5, 0.6) is 0 Å². The Balaban J connectivity index is 0.00000162. The molecule has 0 aromatic heterocycles. The number of nitrogens with one attached hydrogen (secondary N) is 1. The highest BCUT2D eigenvalue weighted by atomic mass is 35.5. The van der Waals surface area contributed by atoms with E-state index in [0.29, 0.717) is 0 Å². The smallest absolute Gasteiger partial charge is 0.142 e. The third kappa shape index (κ3) is 4.09. The number of hydrogen-bond acceptors (Lipinski definition) is 2. The quantitative estimate of drug-likeness (QED) is 0.918. The van der Waals surface area contributed by atoms with Gasteiger partial charge in [0.1, 0.15) is 5.82 Å². The van der Waals surface area contributed by atoms with E-state index < -0.39 is 0 Å². The van der Waals surface area contributed by atoms with Crippen LogP contribution in [0.2, 0.25) is 5.02 Å². The molecule has 2 nitrogen and oxygen atoms in total. The van der Waals surface area contributed by atoms with Crippen molar-refractivity contribution >= 4 is 24.0 Å². The van der Waals surface area contributed by atoms with Gasteiger partial charge in [-0.2, -0.15) is 0 Å². The van der Waals surface area contributed by atoms with Gasteiger partial charge in [-0.05, 0) is 50.2 Å². The molecule has 1 aliphatic heterocycles. The highest BCUT2D eigenvalue weighted by Gasteiger charge is 2.21. The second kappa shape index (κ2) is 7.29. The predicted molar refractivity (Wildman–Crippen MR) is 76.0 cm³/mol. The van der Waals surface area contributed by atoms with Crippen LogP contribution in [0, 0.1) is 11.7 Å².